The summed E-state index contributed by atoms with van der Waals surface area (Å²) in [4.78, 5) is 49.6. The van der Waals surface area contributed by atoms with Crippen LogP contribution in [0.15, 0.2) is 97.1 Å². The lowest BCUT2D eigenvalue weighted by molar-refractivity contribution is -0.131. The number of hydrogen-bond donors (Lipinski definition) is 0. The topological polar surface area (TPSA) is 105 Å². The Bertz CT molecular complexity index is 1760. The minimum Gasteiger partial charge on any atom is -0.423 e. The van der Waals surface area contributed by atoms with E-state index in [9.17, 15) is 19.2 Å². The van der Waals surface area contributed by atoms with Gasteiger partial charge in [-0.2, -0.15) is 0 Å². The molecule has 0 aliphatic rings. The molecule has 0 fully saturated rings. The van der Waals surface area contributed by atoms with E-state index >= 15 is 0 Å². The van der Waals surface area contributed by atoms with Gasteiger partial charge >= 0.3 is 23.9 Å². The summed E-state index contributed by atoms with van der Waals surface area (Å²) in [6.45, 7) is 24.3. The molecule has 0 saturated heterocycles. The van der Waals surface area contributed by atoms with Gasteiger partial charge in [0.25, 0.3) is 0 Å². The van der Waals surface area contributed by atoms with Crippen LogP contribution in [0.1, 0.15) is 38.8 Å². The predicted octanol–water partition coefficient (Wildman–Crippen LogP) is 7.56. The van der Waals surface area contributed by atoms with Crippen LogP contribution in [0.4, 0.5) is 0 Å². The van der Waals surface area contributed by atoms with E-state index in [1.165, 1.54) is 13.8 Å². The van der Waals surface area contributed by atoms with Gasteiger partial charge in [-0.3, -0.25) is 0 Å². The van der Waals surface area contributed by atoms with E-state index < -0.39 is 23.9 Å². The number of rotatable bonds is 10. The van der Waals surface area contributed by atoms with Gasteiger partial charge in [-0.1, -0.05) is 38.4 Å². The molecule has 8 nitrogen and oxygen atoms in total. The second-order valence-electron chi connectivity index (χ2n) is 10.5. The number of ether oxygens (including phenoxy) is 4. The summed E-state index contributed by atoms with van der Waals surface area (Å²) >= 11 is 0. The minimum absolute atomic E-state index is 0.159. The minimum atomic E-state index is -0.661. The van der Waals surface area contributed by atoms with E-state index in [0.717, 1.165) is 0 Å². The van der Waals surface area contributed by atoms with Crippen LogP contribution in [0, 0.1) is 13.8 Å². The Kier molecular flexibility index (Phi) is 10.2. The summed E-state index contributed by atoms with van der Waals surface area (Å²) in [5, 5.41) is 0. The van der Waals surface area contributed by atoms with Gasteiger partial charge in [0, 0.05) is 33.4 Å². The Hall–Kier alpha value is -5.50. The molecule has 44 heavy (non-hydrogen) atoms. The zero-order chi connectivity index (χ0) is 32.9. The first-order chi connectivity index (χ1) is 20.6. The van der Waals surface area contributed by atoms with Crippen LogP contribution in [-0.2, 0) is 19.2 Å². The lowest BCUT2D eigenvalue weighted by Crippen LogP contribution is -2.12. The van der Waals surface area contributed by atoms with Gasteiger partial charge in [-0.05, 0) is 100 Å². The number of aryl methyl sites for hydroxylation is 2. The molecule has 0 bridgehead atoms. The highest BCUT2D eigenvalue weighted by Gasteiger charge is 2.22. The number of hydrogen-bond acceptors (Lipinski definition) is 8. The molecule has 0 heterocycles. The average molecular weight is 595 g/mol. The van der Waals surface area contributed by atoms with Crippen molar-refractivity contribution in [1.82, 2.24) is 0 Å². The van der Waals surface area contributed by atoms with Crippen molar-refractivity contribution in [2.24, 2.45) is 0 Å². The van der Waals surface area contributed by atoms with Crippen molar-refractivity contribution >= 4 is 23.9 Å². The van der Waals surface area contributed by atoms with Crippen molar-refractivity contribution in [1.29, 1.82) is 0 Å². The van der Waals surface area contributed by atoms with Gasteiger partial charge in [0.15, 0.2) is 0 Å². The summed E-state index contributed by atoms with van der Waals surface area (Å²) < 4.78 is 22.3. The molecule has 0 N–H and O–H groups in total. The smallest absolute Gasteiger partial charge is 0.338 e. The molecule has 0 amide bonds. The standard InChI is InChI=1S/C36H34O8/c1-19(2)33(37)41-26-12-13-27(23(9)16-26)29-18-31(43-35(39)21(5)6)28(17-32(29)44-36(40)22(7)8)25-11-14-30(24(10)15-25)42-34(38)20(3)4/h11-18H,1,3,5,7H2,2,4,6,8-10H3. The summed E-state index contributed by atoms with van der Waals surface area (Å²) in [7, 11) is 0. The van der Waals surface area contributed by atoms with Crippen LogP contribution in [0.3, 0.4) is 0 Å². The van der Waals surface area contributed by atoms with Crippen LogP contribution >= 0.6 is 0 Å². The first-order valence-electron chi connectivity index (χ1n) is 13.5. The molecule has 0 aliphatic heterocycles. The number of benzene rings is 3. The molecule has 3 aromatic carbocycles. The van der Waals surface area contributed by atoms with Gasteiger partial charge < -0.3 is 18.9 Å². The van der Waals surface area contributed by atoms with Crippen LogP contribution in [0.25, 0.3) is 22.3 Å². The van der Waals surface area contributed by atoms with Crippen molar-refractivity contribution in [3.8, 4) is 45.3 Å². The summed E-state index contributed by atoms with van der Waals surface area (Å²) in [5.41, 5.74) is 4.18. The third-order valence-electron chi connectivity index (χ3n) is 6.27. The van der Waals surface area contributed by atoms with Gasteiger partial charge in [0.05, 0.1) is 0 Å². The first kappa shape index (κ1) is 33.0. The van der Waals surface area contributed by atoms with E-state index in [4.69, 9.17) is 18.9 Å². The molecule has 0 spiro atoms. The Morgan fingerprint density at radius 2 is 0.932 bits per heavy atom. The van der Waals surface area contributed by atoms with E-state index in [2.05, 4.69) is 26.3 Å². The molecule has 0 aliphatic carbocycles. The second-order valence-corrected chi connectivity index (χ2v) is 10.5. The number of carbonyl (C=O) groups is 4. The highest BCUT2D eigenvalue weighted by molar-refractivity contribution is 5.94. The molecule has 0 aromatic heterocycles. The Morgan fingerprint density at radius 1 is 0.477 bits per heavy atom. The first-order valence-corrected chi connectivity index (χ1v) is 13.5. The molecule has 0 atom stereocenters. The highest BCUT2D eigenvalue weighted by atomic mass is 16.5. The van der Waals surface area contributed by atoms with Gasteiger partial charge in [-0.15, -0.1) is 0 Å². The predicted molar refractivity (Wildman–Crippen MR) is 169 cm³/mol. The maximum absolute atomic E-state index is 12.7. The fraction of sp³-hybridized carbons (Fsp3) is 0.167. The third-order valence-corrected chi connectivity index (χ3v) is 6.27. The Morgan fingerprint density at radius 3 is 1.41 bits per heavy atom. The Labute approximate surface area is 256 Å². The third kappa shape index (κ3) is 7.86. The van der Waals surface area contributed by atoms with Crippen molar-refractivity contribution < 1.29 is 38.1 Å². The van der Waals surface area contributed by atoms with Crippen molar-refractivity contribution in [3.63, 3.8) is 0 Å². The fourth-order valence-electron chi connectivity index (χ4n) is 3.85. The zero-order valence-corrected chi connectivity index (χ0v) is 25.7. The van der Waals surface area contributed by atoms with E-state index in [1.54, 1.807) is 76.2 Å². The molecular formula is C36H34O8. The molecule has 8 heteroatoms. The second kappa shape index (κ2) is 13.6. The van der Waals surface area contributed by atoms with Crippen molar-refractivity contribution in [2.45, 2.75) is 41.5 Å². The van der Waals surface area contributed by atoms with E-state index in [0.29, 0.717) is 44.9 Å². The normalized spacial score (nSPS) is 10.3. The Balaban J connectivity index is 2.26. The molecule has 0 saturated carbocycles. The summed E-state index contributed by atoms with van der Waals surface area (Å²) in [6.07, 6.45) is 0. The van der Waals surface area contributed by atoms with E-state index in [1.807, 2.05) is 0 Å². The SMILES string of the molecule is C=C(C)C(=O)Oc1ccc(-c2cc(OC(=O)C(=C)C)c(-c3ccc(OC(=O)C(=C)C)c(C)c3)cc2OC(=O)C(=C)C)c(C)c1. The monoisotopic (exact) mass is 594 g/mol. The maximum atomic E-state index is 12.7. The zero-order valence-electron chi connectivity index (χ0n) is 25.7. The molecular weight excluding hydrogens is 560 g/mol. The van der Waals surface area contributed by atoms with Crippen LogP contribution < -0.4 is 18.9 Å². The highest BCUT2D eigenvalue weighted by Crippen LogP contribution is 2.43. The summed E-state index contributed by atoms with van der Waals surface area (Å²) in [5.74, 6) is -1.50. The fourth-order valence-corrected chi connectivity index (χ4v) is 3.85. The average Bonchev–Trinajstić information content (AvgIpc) is 2.94. The number of carbonyl (C=O) groups excluding carboxylic acids is 4. The van der Waals surface area contributed by atoms with Crippen LogP contribution in [0.2, 0.25) is 0 Å². The van der Waals surface area contributed by atoms with E-state index in [-0.39, 0.29) is 33.8 Å². The molecule has 3 aromatic rings. The van der Waals surface area contributed by atoms with Crippen molar-refractivity contribution in [3.05, 3.63) is 108 Å². The maximum Gasteiger partial charge on any atom is 0.338 e. The van der Waals surface area contributed by atoms with Crippen LogP contribution in [-0.4, -0.2) is 23.9 Å². The van der Waals surface area contributed by atoms with Gasteiger partial charge in [-0.25, -0.2) is 19.2 Å². The molecule has 226 valence electrons. The molecule has 0 unspecified atom stereocenters. The molecule has 0 radical (unpaired) electrons. The summed E-state index contributed by atoms with van der Waals surface area (Å²) in [6, 6.07) is 13.2. The lowest BCUT2D eigenvalue weighted by atomic mass is 9.94. The quantitative estimate of drug-likeness (QED) is 0.135. The number of esters is 4. The van der Waals surface area contributed by atoms with Crippen LogP contribution in [0.5, 0.6) is 23.0 Å². The lowest BCUT2D eigenvalue weighted by Gasteiger charge is -2.19. The van der Waals surface area contributed by atoms with Crippen molar-refractivity contribution in [2.75, 3.05) is 0 Å². The largest absolute Gasteiger partial charge is 0.423 e. The molecule has 3 rings (SSSR count). The van der Waals surface area contributed by atoms with Gasteiger partial charge in [0.2, 0.25) is 0 Å². The van der Waals surface area contributed by atoms with Gasteiger partial charge in [0.1, 0.15) is 23.0 Å².